The highest BCUT2D eigenvalue weighted by atomic mass is 16.1. The average Bonchev–Trinajstić information content (AvgIpc) is 2.33. The number of carbonyl (C=O) groups is 1. The van der Waals surface area contributed by atoms with Crippen LogP contribution in [0.5, 0.6) is 0 Å². The van der Waals surface area contributed by atoms with Gasteiger partial charge >= 0.3 is 0 Å². The first-order valence-electron chi connectivity index (χ1n) is 6.97. The molecule has 0 aliphatic heterocycles. The molecular weight excluding hydrogens is 208 g/mol. The van der Waals surface area contributed by atoms with Crippen LogP contribution in [0.3, 0.4) is 0 Å². The Morgan fingerprint density at radius 3 is 2.41 bits per heavy atom. The predicted octanol–water partition coefficient (Wildman–Crippen LogP) is 4.93. The largest absolute Gasteiger partial charge is 0.303 e. The van der Waals surface area contributed by atoms with Crippen molar-refractivity contribution >= 4 is 6.29 Å². The van der Waals surface area contributed by atoms with Crippen LogP contribution in [0.25, 0.3) is 0 Å². The number of hydrogen-bond donors (Lipinski definition) is 0. The molecule has 0 aromatic rings. The summed E-state index contributed by atoms with van der Waals surface area (Å²) in [4.78, 5) is 11.0. The first-order valence-corrected chi connectivity index (χ1v) is 6.97. The molecule has 0 aliphatic carbocycles. The van der Waals surface area contributed by atoms with Crippen molar-refractivity contribution < 1.29 is 4.79 Å². The fraction of sp³-hybridized carbons (Fsp3) is 0.688. The first kappa shape index (κ1) is 16.1. The van der Waals surface area contributed by atoms with Gasteiger partial charge in [0.15, 0.2) is 0 Å². The van der Waals surface area contributed by atoms with Crippen LogP contribution in [-0.4, -0.2) is 6.29 Å². The number of unbranched alkanes of at least 4 members (excludes halogenated alkanes) is 2. The Labute approximate surface area is 107 Å². The Morgan fingerprint density at radius 2 is 1.82 bits per heavy atom. The number of hydrogen-bond acceptors (Lipinski definition) is 1. The summed E-state index contributed by atoms with van der Waals surface area (Å²) in [5, 5.41) is 0. The zero-order valence-corrected chi connectivity index (χ0v) is 11.7. The second-order valence-corrected chi connectivity index (χ2v) is 4.77. The number of aldehydes is 1. The van der Waals surface area contributed by atoms with Crippen LogP contribution in [-0.2, 0) is 4.79 Å². The molecule has 17 heavy (non-hydrogen) atoms. The number of allylic oxidation sites excluding steroid dienone is 4. The minimum Gasteiger partial charge on any atom is -0.303 e. The van der Waals surface area contributed by atoms with Gasteiger partial charge in [-0.25, -0.2) is 0 Å². The van der Waals surface area contributed by atoms with Crippen LogP contribution >= 0.6 is 0 Å². The molecule has 0 N–H and O–H groups in total. The Hall–Kier alpha value is -0.850. The van der Waals surface area contributed by atoms with Crippen molar-refractivity contribution in [1.82, 2.24) is 0 Å². The van der Waals surface area contributed by atoms with Crippen LogP contribution in [0.4, 0.5) is 0 Å². The summed E-state index contributed by atoms with van der Waals surface area (Å²) in [6, 6.07) is 0. The maximum Gasteiger partial charge on any atom is 0.123 e. The second-order valence-electron chi connectivity index (χ2n) is 4.77. The highest BCUT2D eigenvalue weighted by Gasteiger charge is 2.13. The molecule has 98 valence electrons. The second kappa shape index (κ2) is 11.6. The summed E-state index contributed by atoms with van der Waals surface area (Å²) < 4.78 is 0. The van der Waals surface area contributed by atoms with Crippen molar-refractivity contribution in [3.63, 3.8) is 0 Å². The summed E-state index contributed by atoms with van der Waals surface area (Å²) in [6.07, 6.45) is 16.5. The van der Waals surface area contributed by atoms with Gasteiger partial charge < -0.3 is 4.79 Å². The molecular formula is C16H28O. The molecule has 0 rings (SSSR count). The molecule has 0 saturated heterocycles. The fourth-order valence-corrected chi connectivity index (χ4v) is 1.98. The summed E-state index contributed by atoms with van der Waals surface area (Å²) in [7, 11) is 0. The van der Waals surface area contributed by atoms with E-state index in [1.165, 1.54) is 12.8 Å². The van der Waals surface area contributed by atoms with Crippen molar-refractivity contribution in [2.45, 2.75) is 59.3 Å². The van der Waals surface area contributed by atoms with Gasteiger partial charge in [0.25, 0.3) is 0 Å². The standard InChI is InChI=1S/C16H28O/c1-4-6-7-8-9-10-11-13-16(14-17)15(3)12-5-2/h4,6,10-11,14-16H,5,7-9,12-13H2,1-3H3/b6-4+,11-10-. The van der Waals surface area contributed by atoms with Gasteiger partial charge in [0.2, 0.25) is 0 Å². The van der Waals surface area contributed by atoms with Gasteiger partial charge in [-0.3, -0.25) is 0 Å². The van der Waals surface area contributed by atoms with Crippen molar-refractivity contribution in [3.8, 4) is 0 Å². The Bertz CT molecular complexity index is 228. The van der Waals surface area contributed by atoms with Gasteiger partial charge in [0.1, 0.15) is 6.29 Å². The predicted molar refractivity (Wildman–Crippen MR) is 76.0 cm³/mol. The Balaban J connectivity index is 3.74. The highest BCUT2D eigenvalue weighted by Crippen LogP contribution is 2.19. The smallest absolute Gasteiger partial charge is 0.123 e. The van der Waals surface area contributed by atoms with E-state index in [0.717, 1.165) is 32.0 Å². The highest BCUT2D eigenvalue weighted by molar-refractivity contribution is 5.54. The topological polar surface area (TPSA) is 17.1 Å². The maximum atomic E-state index is 11.0. The van der Waals surface area contributed by atoms with E-state index in [-0.39, 0.29) is 5.92 Å². The van der Waals surface area contributed by atoms with Gasteiger partial charge in [0.05, 0.1) is 0 Å². The van der Waals surface area contributed by atoms with E-state index in [9.17, 15) is 4.79 Å². The lowest BCUT2D eigenvalue weighted by atomic mass is 9.89. The third-order valence-electron chi connectivity index (χ3n) is 3.20. The van der Waals surface area contributed by atoms with Gasteiger partial charge in [-0.15, -0.1) is 0 Å². The number of carbonyl (C=O) groups excluding carboxylic acids is 1. The summed E-state index contributed by atoms with van der Waals surface area (Å²) in [6.45, 7) is 6.41. The third-order valence-corrected chi connectivity index (χ3v) is 3.20. The van der Waals surface area contributed by atoms with E-state index in [4.69, 9.17) is 0 Å². The Morgan fingerprint density at radius 1 is 1.12 bits per heavy atom. The molecule has 1 heteroatoms. The molecule has 0 spiro atoms. The van der Waals surface area contributed by atoms with E-state index in [1.54, 1.807) is 0 Å². The zero-order chi connectivity index (χ0) is 12.9. The molecule has 0 aromatic heterocycles. The molecule has 0 aliphatic rings. The SMILES string of the molecule is C/C=C/CCC/C=C\CC(C=O)C(C)CCC. The normalized spacial score (nSPS) is 15.5. The lowest BCUT2D eigenvalue weighted by molar-refractivity contribution is -0.112. The minimum absolute atomic E-state index is 0.210. The lowest BCUT2D eigenvalue weighted by Gasteiger charge is -2.15. The van der Waals surface area contributed by atoms with Crippen molar-refractivity contribution in [3.05, 3.63) is 24.3 Å². The van der Waals surface area contributed by atoms with Gasteiger partial charge in [-0.1, -0.05) is 51.0 Å². The summed E-state index contributed by atoms with van der Waals surface area (Å²) in [5.41, 5.74) is 0. The van der Waals surface area contributed by atoms with E-state index >= 15 is 0 Å². The number of rotatable bonds is 10. The van der Waals surface area contributed by atoms with Crippen molar-refractivity contribution in [2.75, 3.05) is 0 Å². The van der Waals surface area contributed by atoms with Crippen molar-refractivity contribution in [2.24, 2.45) is 11.8 Å². The zero-order valence-electron chi connectivity index (χ0n) is 11.7. The summed E-state index contributed by atoms with van der Waals surface area (Å²) in [5.74, 6) is 0.729. The third kappa shape index (κ3) is 8.91. The van der Waals surface area contributed by atoms with E-state index < -0.39 is 0 Å². The fourth-order valence-electron chi connectivity index (χ4n) is 1.98. The van der Waals surface area contributed by atoms with Gasteiger partial charge in [-0.05, 0) is 38.5 Å². The van der Waals surface area contributed by atoms with Crippen LogP contribution < -0.4 is 0 Å². The quantitative estimate of drug-likeness (QED) is 0.298. The van der Waals surface area contributed by atoms with Crippen molar-refractivity contribution in [1.29, 1.82) is 0 Å². The summed E-state index contributed by atoms with van der Waals surface area (Å²) >= 11 is 0. The van der Waals surface area contributed by atoms with E-state index in [2.05, 4.69) is 45.1 Å². The lowest BCUT2D eigenvalue weighted by Crippen LogP contribution is -2.12. The van der Waals surface area contributed by atoms with Crippen LogP contribution in [0.15, 0.2) is 24.3 Å². The minimum atomic E-state index is 0.210. The molecule has 0 bridgehead atoms. The van der Waals surface area contributed by atoms with Crippen LogP contribution in [0, 0.1) is 11.8 Å². The molecule has 0 saturated carbocycles. The van der Waals surface area contributed by atoms with Crippen LogP contribution in [0.1, 0.15) is 59.3 Å². The first-order chi connectivity index (χ1) is 8.26. The molecule has 1 nitrogen and oxygen atoms in total. The monoisotopic (exact) mass is 236 g/mol. The average molecular weight is 236 g/mol. The van der Waals surface area contributed by atoms with E-state index in [0.29, 0.717) is 5.92 Å². The van der Waals surface area contributed by atoms with Gasteiger partial charge in [-0.2, -0.15) is 0 Å². The molecule has 0 aromatic carbocycles. The molecule has 0 fully saturated rings. The van der Waals surface area contributed by atoms with Crippen LogP contribution in [0.2, 0.25) is 0 Å². The van der Waals surface area contributed by atoms with E-state index in [1.807, 2.05) is 0 Å². The molecule has 0 radical (unpaired) electrons. The Kier molecular flexibility index (Phi) is 11.0. The molecule has 0 amide bonds. The molecule has 0 heterocycles. The maximum absolute atomic E-state index is 11.0. The van der Waals surface area contributed by atoms with Gasteiger partial charge in [0, 0.05) is 5.92 Å². The molecule has 2 atom stereocenters. The molecule has 2 unspecified atom stereocenters.